The summed E-state index contributed by atoms with van der Waals surface area (Å²) in [5.74, 6) is -1.73. The Kier molecular flexibility index (Phi) is 7.28. The predicted molar refractivity (Wildman–Crippen MR) is 100 cm³/mol. The van der Waals surface area contributed by atoms with Gasteiger partial charge in [-0.15, -0.1) is 0 Å². The third kappa shape index (κ3) is 4.95. The fourth-order valence-electron chi connectivity index (χ4n) is 2.51. The summed E-state index contributed by atoms with van der Waals surface area (Å²) in [6.45, 7) is 2.57. The highest BCUT2D eigenvalue weighted by molar-refractivity contribution is 6.10. The summed E-state index contributed by atoms with van der Waals surface area (Å²) < 4.78 is 9.97. The van der Waals surface area contributed by atoms with Crippen LogP contribution < -0.4 is 0 Å². The average Bonchev–Trinajstić information content (AvgIpc) is 2.72. The maximum absolute atomic E-state index is 12.9. The summed E-state index contributed by atoms with van der Waals surface area (Å²) in [7, 11) is 0. The van der Waals surface area contributed by atoms with Gasteiger partial charge in [0.05, 0.1) is 6.61 Å². The molecular formula is C21H23NO6. The number of nitrogens with zero attached hydrogens (tertiary/aromatic N) is 1. The first-order valence-electron chi connectivity index (χ1n) is 8.83. The molecule has 7 nitrogen and oxygen atoms in total. The van der Waals surface area contributed by atoms with Gasteiger partial charge < -0.3 is 9.47 Å². The molecule has 1 amide bonds. The summed E-state index contributed by atoms with van der Waals surface area (Å²) in [4.78, 5) is 37.6. The van der Waals surface area contributed by atoms with E-state index in [2.05, 4.69) is 0 Å². The van der Waals surface area contributed by atoms with Crippen LogP contribution >= 0.6 is 0 Å². The molecule has 0 saturated carbocycles. The molecule has 0 fully saturated rings. The van der Waals surface area contributed by atoms with Crippen molar-refractivity contribution in [1.82, 2.24) is 5.06 Å². The number of ether oxygens (including phenoxy) is 2. The summed E-state index contributed by atoms with van der Waals surface area (Å²) in [6, 6.07) is 17.5. The van der Waals surface area contributed by atoms with E-state index in [0.717, 1.165) is 6.92 Å². The summed E-state index contributed by atoms with van der Waals surface area (Å²) in [5, 5.41) is 10.4. The minimum atomic E-state index is -2.24. The van der Waals surface area contributed by atoms with E-state index >= 15 is 0 Å². The van der Waals surface area contributed by atoms with E-state index in [9.17, 15) is 19.6 Å². The van der Waals surface area contributed by atoms with Crippen molar-refractivity contribution >= 4 is 17.8 Å². The lowest BCUT2D eigenvalue weighted by Crippen LogP contribution is -2.60. The highest BCUT2D eigenvalue weighted by Crippen LogP contribution is 2.21. The SMILES string of the molecule is CCOC(=O)C(C)(C(=O)Cc1ccccc1)N(O)C(=O)OCc1ccccc1. The maximum atomic E-state index is 12.9. The monoisotopic (exact) mass is 385 g/mol. The van der Waals surface area contributed by atoms with Crippen molar-refractivity contribution in [3.05, 3.63) is 71.8 Å². The molecule has 2 aromatic rings. The van der Waals surface area contributed by atoms with Gasteiger partial charge in [-0.1, -0.05) is 60.7 Å². The Balaban J connectivity index is 2.18. The Morgan fingerprint density at radius 1 is 0.929 bits per heavy atom. The number of ketones is 1. The molecule has 0 aliphatic carbocycles. The van der Waals surface area contributed by atoms with E-state index in [0.29, 0.717) is 11.1 Å². The molecular weight excluding hydrogens is 362 g/mol. The van der Waals surface area contributed by atoms with Crippen LogP contribution in [0.25, 0.3) is 0 Å². The molecule has 2 rings (SSSR count). The second kappa shape index (κ2) is 9.66. The van der Waals surface area contributed by atoms with Crippen LogP contribution in [-0.4, -0.2) is 40.3 Å². The number of carbonyl (C=O) groups is 3. The van der Waals surface area contributed by atoms with Crippen LogP contribution in [0.2, 0.25) is 0 Å². The van der Waals surface area contributed by atoms with Gasteiger partial charge in [0, 0.05) is 6.42 Å². The van der Waals surface area contributed by atoms with E-state index in [1.54, 1.807) is 61.5 Å². The molecule has 0 aliphatic rings. The molecule has 0 heterocycles. The van der Waals surface area contributed by atoms with E-state index in [1.165, 1.54) is 0 Å². The van der Waals surface area contributed by atoms with Gasteiger partial charge >= 0.3 is 12.1 Å². The predicted octanol–water partition coefficient (Wildman–Crippen LogP) is 3.15. The van der Waals surface area contributed by atoms with Crippen LogP contribution in [0.1, 0.15) is 25.0 Å². The van der Waals surface area contributed by atoms with Crippen molar-refractivity contribution in [2.45, 2.75) is 32.4 Å². The zero-order valence-corrected chi connectivity index (χ0v) is 15.8. The molecule has 0 aliphatic heterocycles. The van der Waals surface area contributed by atoms with Gasteiger partial charge in [-0.2, -0.15) is 5.06 Å². The highest BCUT2D eigenvalue weighted by Gasteiger charge is 2.50. The maximum Gasteiger partial charge on any atom is 0.435 e. The number of hydrogen-bond donors (Lipinski definition) is 1. The van der Waals surface area contributed by atoms with Gasteiger partial charge in [-0.05, 0) is 25.0 Å². The van der Waals surface area contributed by atoms with Gasteiger partial charge in [-0.3, -0.25) is 10.0 Å². The molecule has 0 radical (unpaired) electrons. The van der Waals surface area contributed by atoms with Crippen LogP contribution in [0.15, 0.2) is 60.7 Å². The molecule has 2 aromatic carbocycles. The fourth-order valence-corrected chi connectivity index (χ4v) is 2.51. The highest BCUT2D eigenvalue weighted by atomic mass is 16.6. The number of Topliss-reactive ketones (excluding diaryl/α,β-unsaturated/α-hetero) is 1. The number of hydroxylamine groups is 2. The molecule has 1 N–H and O–H groups in total. The van der Waals surface area contributed by atoms with Crippen LogP contribution in [0.3, 0.4) is 0 Å². The summed E-state index contributed by atoms with van der Waals surface area (Å²) >= 11 is 0. The lowest BCUT2D eigenvalue weighted by atomic mass is 9.91. The Labute approximate surface area is 163 Å². The Bertz CT molecular complexity index is 808. The third-order valence-corrected chi connectivity index (χ3v) is 4.23. The Morgan fingerprint density at radius 2 is 1.46 bits per heavy atom. The van der Waals surface area contributed by atoms with Gasteiger partial charge in [0.1, 0.15) is 6.61 Å². The topological polar surface area (TPSA) is 93.1 Å². The molecule has 0 bridgehead atoms. The van der Waals surface area contributed by atoms with Crippen LogP contribution in [0.5, 0.6) is 0 Å². The summed E-state index contributed by atoms with van der Waals surface area (Å²) in [6.07, 6.45) is -1.39. The van der Waals surface area contributed by atoms with Crippen molar-refractivity contribution in [3.63, 3.8) is 0 Å². The molecule has 148 valence electrons. The molecule has 28 heavy (non-hydrogen) atoms. The Morgan fingerprint density at radius 3 is 2.00 bits per heavy atom. The number of rotatable bonds is 8. The Hall–Kier alpha value is -3.19. The van der Waals surface area contributed by atoms with E-state index in [-0.39, 0.29) is 24.7 Å². The van der Waals surface area contributed by atoms with Crippen LogP contribution in [0, 0.1) is 0 Å². The van der Waals surface area contributed by atoms with Gasteiger partial charge in [-0.25, -0.2) is 9.59 Å². The van der Waals surface area contributed by atoms with Crippen molar-refractivity contribution < 1.29 is 29.1 Å². The largest absolute Gasteiger partial charge is 0.464 e. The third-order valence-electron chi connectivity index (χ3n) is 4.23. The zero-order chi connectivity index (χ0) is 20.6. The minimum Gasteiger partial charge on any atom is -0.464 e. The van der Waals surface area contributed by atoms with Crippen LogP contribution in [0.4, 0.5) is 4.79 Å². The van der Waals surface area contributed by atoms with E-state index < -0.39 is 23.4 Å². The zero-order valence-electron chi connectivity index (χ0n) is 15.8. The molecule has 7 heteroatoms. The summed E-state index contributed by atoms with van der Waals surface area (Å²) in [5.41, 5.74) is -0.911. The fraction of sp³-hybridized carbons (Fsp3) is 0.286. The van der Waals surface area contributed by atoms with Gasteiger partial charge in [0.15, 0.2) is 5.78 Å². The number of amides is 1. The second-order valence-electron chi connectivity index (χ2n) is 6.23. The van der Waals surface area contributed by atoms with Crippen molar-refractivity contribution in [3.8, 4) is 0 Å². The molecule has 0 saturated heterocycles. The smallest absolute Gasteiger partial charge is 0.435 e. The lowest BCUT2D eigenvalue weighted by molar-refractivity contribution is -0.188. The molecule has 1 unspecified atom stereocenters. The van der Waals surface area contributed by atoms with Crippen molar-refractivity contribution in [1.29, 1.82) is 0 Å². The molecule has 0 aromatic heterocycles. The van der Waals surface area contributed by atoms with Crippen molar-refractivity contribution in [2.75, 3.05) is 6.61 Å². The first-order valence-corrected chi connectivity index (χ1v) is 8.83. The second-order valence-corrected chi connectivity index (χ2v) is 6.23. The molecule has 1 atom stereocenters. The number of benzene rings is 2. The number of esters is 1. The lowest BCUT2D eigenvalue weighted by Gasteiger charge is -2.32. The number of hydrogen-bond acceptors (Lipinski definition) is 6. The molecule has 0 spiro atoms. The van der Waals surface area contributed by atoms with Gasteiger partial charge in [0.2, 0.25) is 5.54 Å². The van der Waals surface area contributed by atoms with Gasteiger partial charge in [0.25, 0.3) is 0 Å². The number of carbonyl (C=O) groups excluding carboxylic acids is 3. The normalized spacial score (nSPS) is 12.5. The van der Waals surface area contributed by atoms with E-state index in [4.69, 9.17) is 9.47 Å². The van der Waals surface area contributed by atoms with Crippen LogP contribution in [-0.2, 0) is 32.1 Å². The standard InChI is InChI=1S/C21H23NO6/c1-3-27-19(24)21(2,18(23)14-16-10-6-4-7-11-16)22(26)20(25)28-15-17-12-8-5-9-13-17/h4-13,26H,3,14-15H2,1-2H3. The first kappa shape index (κ1) is 21.1. The average molecular weight is 385 g/mol. The van der Waals surface area contributed by atoms with Crippen molar-refractivity contribution in [2.24, 2.45) is 0 Å². The van der Waals surface area contributed by atoms with E-state index in [1.807, 2.05) is 6.07 Å². The minimum absolute atomic E-state index is 0.0131. The first-order chi connectivity index (χ1) is 13.4. The quantitative estimate of drug-likeness (QED) is 0.325.